The summed E-state index contributed by atoms with van der Waals surface area (Å²) in [5.74, 6) is -10.1. The van der Waals surface area contributed by atoms with Crippen molar-refractivity contribution in [1.29, 1.82) is 0 Å². The van der Waals surface area contributed by atoms with E-state index in [0.29, 0.717) is 56.6 Å². The monoisotopic (exact) mass is 1790 g/mol. The van der Waals surface area contributed by atoms with Crippen molar-refractivity contribution in [2.45, 2.75) is 255 Å². The van der Waals surface area contributed by atoms with Gasteiger partial charge < -0.3 is 122 Å². The second-order valence-electron chi connectivity index (χ2n) is 33.6. The fourth-order valence-electron chi connectivity index (χ4n) is 17.6. The van der Waals surface area contributed by atoms with Gasteiger partial charge in [0.1, 0.15) is 76.9 Å². The molecule has 700 valence electrons. The van der Waals surface area contributed by atoms with Crippen LogP contribution in [0.15, 0.2) is 60.7 Å². The molecule has 18 N–H and O–H groups in total. The Morgan fingerprint density at radius 3 is 1.31 bits per heavy atom. The molecule has 4 aromatic carbocycles. The van der Waals surface area contributed by atoms with Crippen molar-refractivity contribution in [3.63, 3.8) is 0 Å². The normalized spacial score (nSPS) is 27.3. The van der Waals surface area contributed by atoms with Crippen LogP contribution in [0.1, 0.15) is 268 Å². The van der Waals surface area contributed by atoms with E-state index in [1.54, 1.807) is 25.2 Å². The van der Waals surface area contributed by atoms with Gasteiger partial charge in [0.15, 0.2) is 35.7 Å². The zero-order valence-corrected chi connectivity index (χ0v) is 70.7. The van der Waals surface area contributed by atoms with Gasteiger partial charge in [0.25, 0.3) is 11.8 Å². The van der Waals surface area contributed by atoms with E-state index in [9.17, 15) is 109 Å². The smallest absolute Gasteiger partial charge is 0.408 e. The van der Waals surface area contributed by atoms with Crippen LogP contribution in [0.3, 0.4) is 0 Å². The first-order valence-electron chi connectivity index (χ1n) is 42.4. The summed E-state index contributed by atoms with van der Waals surface area (Å²) in [6, 6.07) is 6.51. The van der Waals surface area contributed by atoms with E-state index in [2.05, 4.69) is 10.6 Å². The molecule has 0 saturated carbocycles. The number of allylic oxidation sites excluding steroid dienone is 2. The summed E-state index contributed by atoms with van der Waals surface area (Å²) in [5.41, 5.74) is 5.99. The molecule has 3 saturated heterocycles. The summed E-state index contributed by atoms with van der Waals surface area (Å²) in [7, 11) is 2.60. The lowest BCUT2D eigenvalue weighted by Crippen LogP contribution is -2.53. The molecule has 4 aromatic rings. The molecule has 14 atom stereocenters. The zero-order chi connectivity index (χ0) is 91.4. The van der Waals surface area contributed by atoms with Crippen LogP contribution < -0.4 is 37.3 Å². The van der Waals surface area contributed by atoms with Crippen molar-refractivity contribution < 1.29 is 151 Å². The highest BCUT2D eigenvalue weighted by molar-refractivity contribution is 6.32. The van der Waals surface area contributed by atoms with Gasteiger partial charge in [-0.25, -0.2) is 14.4 Å². The van der Waals surface area contributed by atoms with E-state index >= 15 is 0 Å². The minimum atomic E-state index is -2.38. The summed E-state index contributed by atoms with van der Waals surface area (Å²) in [4.78, 5) is 163. The predicted octanol–water partition coefficient (Wildman–Crippen LogP) is 6.20. The van der Waals surface area contributed by atoms with Crippen molar-refractivity contribution in [3.05, 3.63) is 127 Å². The SMILES string of the molecule is C.C.COc1cccc2c1C(=O)c1c(O)c3c(c(O)c1C2=O)CC(O)(C(=O)CO)CC3OC1CC(NC(=O)OC2/C=C/CCC(C)(C(=O)CCCCCCN)CC2)C(O)CO1.COc1cccc2c1C(=O)c1c(O)c3c(c(O)c1C2=O)CC(O)(C(=O)CO)CC3OC1CC(NC(=O)OC2/C=C/CCC(C)(C(=O)ON3C(=O)CCC3=O)CC2)C(O)CO1.NCCCCCN. The number of aliphatic hydroxyl groups is 6. The number of carbonyl (C=O) groups is 12. The lowest BCUT2D eigenvalue weighted by molar-refractivity contribution is -0.225. The Hall–Kier alpha value is -10.5. The number of phenolic OH excluding ortho intramolecular Hbond substituents is 4. The van der Waals surface area contributed by atoms with E-state index in [1.807, 2.05) is 13.0 Å². The van der Waals surface area contributed by atoms with Crippen LogP contribution in [-0.2, 0) is 74.9 Å². The average molecular weight is 1790 g/mol. The fourth-order valence-corrected chi connectivity index (χ4v) is 17.6. The molecular weight excluding hydrogens is 1670 g/mol. The molecule has 3 fully saturated rings. The average Bonchev–Trinajstić information content (AvgIpc) is 0.818. The van der Waals surface area contributed by atoms with E-state index < -0.39 is 239 Å². The number of nitrogens with two attached hydrogens (primary N) is 3. The number of hydroxylamine groups is 2. The third-order valence-corrected chi connectivity index (χ3v) is 25.0. The van der Waals surface area contributed by atoms with Gasteiger partial charge in [-0.3, -0.25) is 43.2 Å². The number of ketones is 7. The zero-order valence-electron chi connectivity index (χ0n) is 70.7. The van der Waals surface area contributed by atoms with Crippen molar-refractivity contribution in [1.82, 2.24) is 15.7 Å². The van der Waals surface area contributed by atoms with E-state index in [-0.39, 0.29) is 122 Å². The number of fused-ring (bicyclic) bond motifs is 6. The summed E-state index contributed by atoms with van der Waals surface area (Å²) < 4.78 is 45.8. The van der Waals surface area contributed by atoms with Gasteiger partial charge in [-0.15, -0.1) is 5.06 Å². The lowest BCUT2D eigenvalue weighted by atomic mass is 9.72. The number of nitrogens with zero attached hydrogens (tertiary/aromatic N) is 1. The maximum Gasteiger partial charge on any atom is 0.408 e. The van der Waals surface area contributed by atoms with Crippen LogP contribution in [0.2, 0.25) is 0 Å². The van der Waals surface area contributed by atoms with Gasteiger partial charge in [-0.1, -0.05) is 77.5 Å². The number of alkyl carbamates (subject to hydrolysis) is 2. The second-order valence-corrected chi connectivity index (χ2v) is 33.6. The maximum atomic E-state index is 14.0. The van der Waals surface area contributed by atoms with E-state index in [0.717, 1.165) is 51.6 Å². The Kier molecular flexibility index (Phi) is 34.6. The number of aliphatic hydroxyl groups excluding tert-OH is 4. The Morgan fingerprint density at radius 2 is 0.906 bits per heavy atom. The number of rotatable bonds is 27. The molecule has 14 unspecified atom stereocenters. The van der Waals surface area contributed by atoms with Gasteiger partial charge in [0, 0.05) is 96.6 Å². The standard InChI is InChI=1S/C43H54N2O14.C41H44N2O17.C5H14N2.2CH4/c1-42(30(48)13-5-3-4-8-17-44)15-7-6-10-23(14-16-42)58-41(54)45-26-18-32(57-22-27(26)47)59-29-20-43(55,31(49)21-46)19-25-34(29)40(53)36-35(38(25)51)37(50)24-11-9-12-28(56-2)33(24)39(36)52;1-40(38(53)60-43-27(47)9-10-28(43)48)12-4-3-6-19(11-13-40)58-39(54)42-22-14-29(57-18-23(22)45)59-25-16-41(55,26(46)17-44)15-21-31(25)37(52)33-32(35(21)50)34(49)20-7-5-8-24(56-2)30(20)36(33)51;6-4-2-1-3-5-7;;/h6,9-12,23,26-27,29,32,46-47,51,53,55H,3-5,7-8,13-22,44H2,1-2H3,(H,45,54);3,5-8,19,22-23,25,29,44-45,50,52,55H,4,9-18H2,1-2H3,(H,42,54);1-7H2;2*1H4/b10-6+;6-3+;;;. The van der Waals surface area contributed by atoms with Gasteiger partial charge >= 0.3 is 18.2 Å². The summed E-state index contributed by atoms with van der Waals surface area (Å²) in [5, 5.41) is 117. The van der Waals surface area contributed by atoms with Crippen molar-refractivity contribution in [2.24, 2.45) is 28.0 Å². The third kappa shape index (κ3) is 21.8. The first-order chi connectivity index (χ1) is 60.1. The number of hydrogen-bond acceptors (Lipinski definition) is 34. The van der Waals surface area contributed by atoms with Crippen LogP contribution in [0, 0.1) is 10.8 Å². The number of Topliss-reactive ketones (excluding diaryl/α,β-unsaturated/α-hetero) is 3. The molecule has 9 aliphatic rings. The Balaban J connectivity index is 0.000000265. The number of methoxy groups -OCH3 is 2. The molecule has 4 amide bonds. The number of nitrogens with one attached hydrogen (secondary N) is 2. The Bertz CT molecular complexity index is 4880. The van der Waals surface area contributed by atoms with E-state index in [4.69, 9.17) is 59.9 Å². The topological polar surface area (TPSA) is 596 Å². The molecule has 3 heterocycles. The van der Waals surface area contributed by atoms with Crippen molar-refractivity contribution >= 4 is 70.5 Å². The molecular formula is C91H120N6O31. The number of unbranched alkanes of at least 4 members (excludes halogenated alkanes) is 5. The van der Waals surface area contributed by atoms with Crippen LogP contribution in [0.4, 0.5) is 9.59 Å². The second kappa shape index (κ2) is 43.7. The molecule has 37 nitrogen and oxygen atoms in total. The lowest BCUT2D eigenvalue weighted by Gasteiger charge is -2.41. The molecule has 37 heteroatoms. The molecule has 0 radical (unpaired) electrons. The minimum absolute atomic E-state index is 0. The fraction of sp³-hybridized carbons (Fsp3) is 0.560. The Labute approximate surface area is 739 Å². The summed E-state index contributed by atoms with van der Waals surface area (Å²) >= 11 is 0. The first-order valence-corrected chi connectivity index (χ1v) is 42.4. The highest BCUT2D eigenvalue weighted by atomic mass is 16.7. The van der Waals surface area contributed by atoms with E-state index in [1.165, 1.54) is 57.0 Å². The minimum Gasteiger partial charge on any atom is -0.507 e. The number of ether oxygens (including phenoxy) is 8. The van der Waals surface area contributed by atoms with Crippen LogP contribution in [0.5, 0.6) is 34.5 Å². The molecule has 0 bridgehead atoms. The highest BCUT2D eigenvalue weighted by Crippen LogP contribution is 2.55. The summed E-state index contributed by atoms with van der Waals surface area (Å²) in [6.45, 7) is 2.90. The highest BCUT2D eigenvalue weighted by Gasteiger charge is 2.54. The molecule has 6 aliphatic carbocycles. The van der Waals surface area contributed by atoms with Gasteiger partial charge in [-0.2, -0.15) is 0 Å². The molecule has 128 heavy (non-hydrogen) atoms. The van der Waals surface area contributed by atoms with Crippen molar-refractivity contribution in [2.75, 3.05) is 60.3 Å². The number of hydrogen-bond donors (Lipinski definition) is 15. The third-order valence-electron chi connectivity index (χ3n) is 25.0. The molecule has 0 aromatic heterocycles. The summed E-state index contributed by atoms with van der Waals surface area (Å²) in [6.07, 6.45) is 3.53. The number of amides is 4. The maximum absolute atomic E-state index is 14.0. The Morgan fingerprint density at radius 1 is 0.516 bits per heavy atom. The van der Waals surface area contributed by atoms with Gasteiger partial charge in [0.05, 0.1) is 103 Å². The number of aromatic hydroxyl groups is 4. The number of phenols is 4. The quantitative estimate of drug-likeness (QED) is 0.0118. The number of imide groups is 1. The van der Waals surface area contributed by atoms with Gasteiger partial charge in [0.2, 0.25) is 11.6 Å². The molecule has 13 rings (SSSR count). The van der Waals surface area contributed by atoms with Crippen molar-refractivity contribution in [3.8, 4) is 34.5 Å². The molecule has 3 aliphatic heterocycles. The molecule has 0 spiro atoms. The van der Waals surface area contributed by atoms with Crippen LogP contribution in [-0.4, -0.2) is 247 Å². The predicted molar refractivity (Wildman–Crippen MR) is 454 cm³/mol. The van der Waals surface area contributed by atoms with Crippen LogP contribution >= 0.6 is 0 Å². The largest absolute Gasteiger partial charge is 0.507 e. The number of benzene rings is 4. The van der Waals surface area contributed by atoms with Crippen LogP contribution in [0.25, 0.3) is 0 Å². The number of carbonyl (C=O) groups excluding carboxylic acids is 12. The first kappa shape index (κ1) is 101. The van der Waals surface area contributed by atoms with Gasteiger partial charge in [-0.05, 0) is 128 Å².